The van der Waals surface area contributed by atoms with Crippen LogP contribution in [0.3, 0.4) is 0 Å². The van der Waals surface area contributed by atoms with E-state index in [1.54, 1.807) is 15.8 Å². The predicted octanol–water partition coefficient (Wildman–Crippen LogP) is 1.09. The summed E-state index contributed by atoms with van der Waals surface area (Å²) in [5.41, 5.74) is 1.15. The van der Waals surface area contributed by atoms with Crippen LogP contribution in [0.1, 0.15) is 17.4 Å². The smallest absolute Gasteiger partial charge is 0.278 e. The molecule has 110 valence electrons. The molecule has 1 saturated heterocycles. The van der Waals surface area contributed by atoms with Gasteiger partial charge in [0, 0.05) is 13.1 Å². The minimum atomic E-state index is -0.430. The number of hydrogen-bond donors (Lipinski definition) is 1. The SMILES string of the molecule is CCOc1cn(-c2ccccc2)nc1C(=O)N1CC(O)C1. The monoisotopic (exact) mass is 287 g/mol. The van der Waals surface area contributed by atoms with Crippen LogP contribution >= 0.6 is 0 Å². The van der Waals surface area contributed by atoms with Crippen molar-refractivity contribution in [2.45, 2.75) is 13.0 Å². The van der Waals surface area contributed by atoms with Gasteiger partial charge in [0.05, 0.1) is 24.6 Å². The first kappa shape index (κ1) is 13.6. The first-order chi connectivity index (χ1) is 10.2. The predicted molar refractivity (Wildman–Crippen MR) is 76.6 cm³/mol. The van der Waals surface area contributed by atoms with Gasteiger partial charge in [0.15, 0.2) is 11.4 Å². The lowest BCUT2D eigenvalue weighted by Gasteiger charge is -2.35. The average Bonchev–Trinajstić information content (AvgIpc) is 2.89. The molecule has 6 heteroatoms. The number of rotatable bonds is 4. The molecule has 1 aliphatic heterocycles. The zero-order valence-corrected chi connectivity index (χ0v) is 11.8. The van der Waals surface area contributed by atoms with Crippen LogP contribution in [-0.2, 0) is 0 Å². The molecule has 3 rings (SSSR count). The topological polar surface area (TPSA) is 67.6 Å². The van der Waals surface area contributed by atoms with E-state index in [1.165, 1.54) is 0 Å². The molecular formula is C15H17N3O3. The lowest BCUT2D eigenvalue weighted by atomic mass is 10.1. The molecular weight excluding hydrogens is 270 g/mol. The van der Waals surface area contributed by atoms with Crippen LogP contribution in [0.4, 0.5) is 0 Å². The molecule has 2 heterocycles. The van der Waals surface area contributed by atoms with E-state index >= 15 is 0 Å². The second-order valence-electron chi connectivity index (χ2n) is 4.92. The first-order valence-corrected chi connectivity index (χ1v) is 6.94. The molecule has 1 amide bonds. The maximum absolute atomic E-state index is 12.4. The van der Waals surface area contributed by atoms with E-state index in [1.807, 2.05) is 37.3 Å². The summed E-state index contributed by atoms with van der Waals surface area (Å²) in [6, 6.07) is 9.55. The summed E-state index contributed by atoms with van der Waals surface area (Å²) >= 11 is 0. The number of carbonyl (C=O) groups excluding carboxylic acids is 1. The maximum atomic E-state index is 12.4. The molecule has 0 aliphatic carbocycles. The van der Waals surface area contributed by atoms with Gasteiger partial charge >= 0.3 is 0 Å². The van der Waals surface area contributed by atoms with Crippen molar-refractivity contribution in [2.75, 3.05) is 19.7 Å². The molecule has 0 bridgehead atoms. The fourth-order valence-electron chi connectivity index (χ4n) is 2.25. The number of hydrogen-bond acceptors (Lipinski definition) is 4. The summed E-state index contributed by atoms with van der Waals surface area (Å²) < 4.78 is 7.15. The molecule has 0 atom stereocenters. The zero-order chi connectivity index (χ0) is 14.8. The Hall–Kier alpha value is -2.34. The molecule has 1 N–H and O–H groups in total. The fourth-order valence-corrected chi connectivity index (χ4v) is 2.25. The standard InChI is InChI=1S/C15H17N3O3/c1-2-21-13-10-18(11-6-4-3-5-7-11)16-14(13)15(20)17-8-12(19)9-17/h3-7,10,12,19H,2,8-9H2,1H3. The van der Waals surface area contributed by atoms with Gasteiger partial charge in [-0.3, -0.25) is 4.79 Å². The highest BCUT2D eigenvalue weighted by Crippen LogP contribution is 2.23. The molecule has 0 unspecified atom stereocenters. The van der Waals surface area contributed by atoms with E-state index in [2.05, 4.69) is 5.10 Å². The van der Waals surface area contributed by atoms with E-state index < -0.39 is 6.10 Å². The minimum Gasteiger partial charge on any atom is -0.490 e. The van der Waals surface area contributed by atoms with E-state index in [0.29, 0.717) is 25.4 Å². The van der Waals surface area contributed by atoms with Crippen LogP contribution < -0.4 is 4.74 Å². The van der Waals surface area contributed by atoms with E-state index in [-0.39, 0.29) is 11.6 Å². The van der Waals surface area contributed by atoms with Gasteiger partial charge in [0.1, 0.15) is 0 Å². The Balaban J connectivity index is 1.91. The highest BCUT2D eigenvalue weighted by molar-refractivity contribution is 5.95. The quantitative estimate of drug-likeness (QED) is 0.914. The molecule has 1 fully saturated rings. The van der Waals surface area contributed by atoms with Crippen molar-refractivity contribution in [1.29, 1.82) is 0 Å². The Morgan fingerprint density at radius 1 is 1.38 bits per heavy atom. The van der Waals surface area contributed by atoms with Crippen LogP contribution in [0.2, 0.25) is 0 Å². The fraction of sp³-hybridized carbons (Fsp3) is 0.333. The highest BCUT2D eigenvalue weighted by atomic mass is 16.5. The van der Waals surface area contributed by atoms with Gasteiger partial charge in [-0.1, -0.05) is 18.2 Å². The van der Waals surface area contributed by atoms with Gasteiger partial charge in [-0.2, -0.15) is 5.10 Å². The van der Waals surface area contributed by atoms with Gasteiger partial charge in [0.2, 0.25) is 0 Å². The van der Waals surface area contributed by atoms with Gasteiger partial charge < -0.3 is 14.7 Å². The molecule has 1 aliphatic rings. The summed E-state index contributed by atoms with van der Waals surface area (Å²) in [5, 5.41) is 13.7. The summed E-state index contributed by atoms with van der Waals surface area (Å²) in [4.78, 5) is 13.9. The summed E-state index contributed by atoms with van der Waals surface area (Å²) in [7, 11) is 0. The van der Waals surface area contributed by atoms with E-state index in [0.717, 1.165) is 5.69 Å². The number of β-amino-alcohol motifs (C(OH)–C–C–N with tert-alkyl or cyclic N) is 1. The Labute approximate surface area is 122 Å². The number of amides is 1. The van der Waals surface area contributed by atoms with Crippen molar-refractivity contribution in [3.8, 4) is 11.4 Å². The Bertz CT molecular complexity index is 633. The maximum Gasteiger partial charge on any atom is 0.278 e. The molecule has 1 aromatic heterocycles. The lowest BCUT2D eigenvalue weighted by molar-refractivity contribution is 0.00525. The van der Waals surface area contributed by atoms with Crippen molar-refractivity contribution in [1.82, 2.24) is 14.7 Å². The number of aliphatic hydroxyl groups is 1. The molecule has 21 heavy (non-hydrogen) atoms. The highest BCUT2D eigenvalue weighted by Gasteiger charge is 2.33. The number of para-hydroxylation sites is 1. The Kier molecular flexibility index (Phi) is 3.62. The Morgan fingerprint density at radius 3 is 2.71 bits per heavy atom. The number of carbonyl (C=O) groups is 1. The van der Waals surface area contributed by atoms with E-state index in [9.17, 15) is 9.90 Å². The van der Waals surface area contributed by atoms with Crippen LogP contribution in [0.15, 0.2) is 36.5 Å². The van der Waals surface area contributed by atoms with Crippen LogP contribution in [0.5, 0.6) is 5.75 Å². The van der Waals surface area contributed by atoms with E-state index in [4.69, 9.17) is 4.74 Å². The van der Waals surface area contributed by atoms with Crippen LogP contribution in [-0.4, -0.2) is 51.5 Å². The number of nitrogens with zero attached hydrogens (tertiary/aromatic N) is 3. The van der Waals surface area contributed by atoms with Crippen LogP contribution in [0.25, 0.3) is 5.69 Å². The third-order valence-electron chi connectivity index (χ3n) is 3.35. The summed E-state index contributed by atoms with van der Waals surface area (Å²) in [6.45, 7) is 3.02. The van der Waals surface area contributed by atoms with Crippen molar-refractivity contribution in [3.05, 3.63) is 42.2 Å². The normalized spacial score (nSPS) is 14.9. The molecule has 0 radical (unpaired) electrons. The number of ether oxygens (including phenoxy) is 1. The second-order valence-corrected chi connectivity index (χ2v) is 4.92. The largest absolute Gasteiger partial charge is 0.490 e. The molecule has 0 spiro atoms. The molecule has 0 saturated carbocycles. The Morgan fingerprint density at radius 2 is 2.10 bits per heavy atom. The second kappa shape index (κ2) is 5.57. The van der Waals surface area contributed by atoms with Crippen molar-refractivity contribution < 1.29 is 14.6 Å². The number of aliphatic hydroxyl groups excluding tert-OH is 1. The number of likely N-dealkylation sites (tertiary alicyclic amines) is 1. The van der Waals surface area contributed by atoms with Crippen molar-refractivity contribution in [3.63, 3.8) is 0 Å². The van der Waals surface area contributed by atoms with Gasteiger partial charge in [0.25, 0.3) is 5.91 Å². The molecule has 6 nitrogen and oxygen atoms in total. The number of benzene rings is 1. The lowest BCUT2D eigenvalue weighted by Crippen LogP contribution is -2.53. The van der Waals surface area contributed by atoms with Gasteiger partial charge in [-0.05, 0) is 19.1 Å². The average molecular weight is 287 g/mol. The van der Waals surface area contributed by atoms with Gasteiger partial charge in [-0.25, -0.2) is 4.68 Å². The third-order valence-corrected chi connectivity index (χ3v) is 3.35. The molecule has 1 aromatic carbocycles. The zero-order valence-electron chi connectivity index (χ0n) is 11.8. The van der Waals surface area contributed by atoms with Crippen molar-refractivity contribution in [2.24, 2.45) is 0 Å². The number of aromatic nitrogens is 2. The van der Waals surface area contributed by atoms with Crippen molar-refractivity contribution >= 4 is 5.91 Å². The third kappa shape index (κ3) is 2.62. The molecule has 2 aromatic rings. The first-order valence-electron chi connectivity index (χ1n) is 6.94. The van der Waals surface area contributed by atoms with Crippen LogP contribution in [0, 0.1) is 0 Å². The van der Waals surface area contributed by atoms with Gasteiger partial charge in [-0.15, -0.1) is 0 Å². The minimum absolute atomic E-state index is 0.210. The summed E-state index contributed by atoms with van der Waals surface area (Å²) in [6.07, 6.45) is 1.28. The summed E-state index contributed by atoms with van der Waals surface area (Å²) in [5.74, 6) is 0.256.